The van der Waals surface area contributed by atoms with Crippen LogP contribution in [0.1, 0.15) is 70.0 Å². The number of aromatic nitrogens is 2. The van der Waals surface area contributed by atoms with Gasteiger partial charge in [-0.1, -0.05) is 6.92 Å². The zero-order chi connectivity index (χ0) is 32.7. The SMILES string of the molecule is COC(=O)C1=C(C(=O)OC)C2(C(=O)OC)C3CCC(n4nc(C(=O)OC)c(C(=O)OC)c4C(=O)OC)C4C5CCC(N2N15)C43C. The van der Waals surface area contributed by atoms with Crippen molar-refractivity contribution in [2.24, 2.45) is 17.3 Å². The molecule has 2 saturated carbocycles. The van der Waals surface area contributed by atoms with Gasteiger partial charge in [-0.3, -0.25) is 9.69 Å². The van der Waals surface area contributed by atoms with E-state index < -0.39 is 81.9 Å². The molecule has 4 aliphatic heterocycles. The summed E-state index contributed by atoms with van der Waals surface area (Å²) in [6.45, 7) is 2.03. The highest BCUT2D eigenvalue weighted by Crippen LogP contribution is 2.74. The second-order valence-electron chi connectivity index (χ2n) is 11.9. The molecule has 1 aromatic heterocycles. The van der Waals surface area contributed by atoms with Gasteiger partial charge in [-0.2, -0.15) is 10.1 Å². The van der Waals surface area contributed by atoms with Crippen LogP contribution in [0.2, 0.25) is 0 Å². The molecule has 0 N–H and O–H groups in total. The molecule has 0 amide bonds. The summed E-state index contributed by atoms with van der Waals surface area (Å²) in [5.41, 5.74) is -3.73. The van der Waals surface area contributed by atoms with E-state index >= 15 is 0 Å². The molecule has 45 heavy (non-hydrogen) atoms. The Morgan fingerprint density at radius 2 is 1.31 bits per heavy atom. The summed E-state index contributed by atoms with van der Waals surface area (Å²) in [4.78, 5) is 80.3. The van der Waals surface area contributed by atoms with E-state index in [9.17, 15) is 28.8 Å². The third kappa shape index (κ3) is 3.42. The van der Waals surface area contributed by atoms with Gasteiger partial charge in [0.15, 0.2) is 22.6 Å². The van der Waals surface area contributed by atoms with Gasteiger partial charge in [0.1, 0.15) is 11.1 Å². The van der Waals surface area contributed by atoms with E-state index in [-0.39, 0.29) is 23.0 Å². The number of carbonyl (C=O) groups is 6. The van der Waals surface area contributed by atoms with E-state index in [0.29, 0.717) is 25.7 Å². The number of hydrogen-bond acceptors (Lipinski definition) is 15. The maximum Gasteiger partial charge on any atom is 0.359 e. The van der Waals surface area contributed by atoms with Gasteiger partial charge in [0, 0.05) is 17.9 Å². The van der Waals surface area contributed by atoms with E-state index in [2.05, 4.69) is 5.10 Å². The molecule has 3 saturated heterocycles. The van der Waals surface area contributed by atoms with Gasteiger partial charge in [0.25, 0.3) is 0 Å². The van der Waals surface area contributed by atoms with E-state index in [1.165, 1.54) is 26.0 Å². The summed E-state index contributed by atoms with van der Waals surface area (Å²) in [6.07, 6.45) is 1.78. The third-order valence-corrected chi connectivity index (χ3v) is 10.7. The van der Waals surface area contributed by atoms with Crippen LogP contribution in [0.5, 0.6) is 0 Å². The lowest BCUT2D eigenvalue weighted by Gasteiger charge is -2.63. The molecule has 0 aromatic carbocycles. The number of carbonyl (C=O) groups excluding carboxylic acids is 6. The first-order chi connectivity index (χ1) is 21.5. The van der Waals surface area contributed by atoms with Crippen LogP contribution in [-0.4, -0.2) is 116 Å². The first-order valence-corrected chi connectivity index (χ1v) is 14.4. The fourth-order valence-corrected chi connectivity index (χ4v) is 9.40. The second kappa shape index (κ2) is 10.3. The van der Waals surface area contributed by atoms with Crippen molar-refractivity contribution in [3.63, 3.8) is 0 Å². The van der Waals surface area contributed by atoms with Gasteiger partial charge >= 0.3 is 35.8 Å². The molecule has 7 atom stereocenters. The standard InChI is InChI=1S/C29H34N4O12/c1-28-14-10-8-12(31-20(25(37)43-5)16(22(34)40-2)19(30-31)24(36)42-4)17(28)13-9-11-15(28)33-29(14,27(39)45-7)18(23(35)41-3)21(32(13)33)26(38)44-6/h12-15,17H,8-11H2,1-7H3. The minimum absolute atomic E-state index is 0.110. The number of ether oxygens (including phenoxy) is 6. The van der Waals surface area contributed by atoms with Gasteiger partial charge in [0.05, 0.1) is 54.7 Å². The quantitative estimate of drug-likeness (QED) is 0.298. The number of rotatable bonds is 7. The van der Waals surface area contributed by atoms with Gasteiger partial charge in [0.2, 0.25) is 0 Å². The smallest absolute Gasteiger partial charge is 0.359 e. The van der Waals surface area contributed by atoms with Crippen LogP contribution in [0.4, 0.5) is 0 Å². The van der Waals surface area contributed by atoms with E-state index in [1.807, 2.05) is 11.9 Å². The molecule has 242 valence electrons. The highest BCUT2D eigenvalue weighted by Gasteiger charge is 2.84. The molecule has 0 spiro atoms. The van der Waals surface area contributed by atoms with Crippen molar-refractivity contribution in [3.05, 3.63) is 28.2 Å². The Kier molecular flexibility index (Phi) is 6.98. The number of nitrogens with zero attached hydrogens (tertiary/aromatic N) is 4. The highest BCUT2D eigenvalue weighted by atomic mass is 16.5. The molecular formula is C29H34N4O12. The Balaban J connectivity index is 1.64. The molecule has 2 aliphatic carbocycles. The fourth-order valence-electron chi connectivity index (χ4n) is 9.40. The van der Waals surface area contributed by atoms with Gasteiger partial charge in [-0.05, 0) is 31.1 Å². The van der Waals surface area contributed by atoms with Crippen molar-refractivity contribution in [3.8, 4) is 0 Å². The zero-order valence-corrected chi connectivity index (χ0v) is 25.9. The third-order valence-electron chi connectivity index (χ3n) is 10.7. The van der Waals surface area contributed by atoms with Crippen LogP contribution in [0.25, 0.3) is 0 Å². The lowest BCUT2D eigenvalue weighted by Crippen LogP contribution is -2.70. The van der Waals surface area contributed by atoms with Gasteiger partial charge < -0.3 is 28.4 Å². The Labute approximate surface area is 257 Å². The summed E-state index contributed by atoms with van der Waals surface area (Å²) in [7, 11) is 6.96. The first kappa shape index (κ1) is 30.6. The first-order valence-electron chi connectivity index (χ1n) is 14.4. The van der Waals surface area contributed by atoms with Crippen LogP contribution in [0, 0.1) is 17.3 Å². The van der Waals surface area contributed by atoms with Crippen LogP contribution < -0.4 is 0 Å². The van der Waals surface area contributed by atoms with Crippen molar-refractivity contribution in [1.82, 2.24) is 19.8 Å². The van der Waals surface area contributed by atoms with E-state index in [0.717, 1.165) is 21.3 Å². The zero-order valence-electron chi connectivity index (χ0n) is 25.9. The summed E-state index contributed by atoms with van der Waals surface area (Å²) in [5, 5.41) is 7.98. The number of methoxy groups -OCH3 is 6. The predicted molar refractivity (Wildman–Crippen MR) is 146 cm³/mol. The summed E-state index contributed by atoms with van der Waals surface area (Å²) >= 11 is 0. The predicted octanol–water partition coefficient (Wildman–Crippen LogP) is 0.419. The molecule has 4 bridgehead atoms. The lowest BCUT2D eigenvalue weighted by molar-refractivity contribution is -0.209. The molecule has 7 unspecified atom stereocenters. The topological polar surface area (TPSA) is 182 Å². The molecule has 5 fully saturated rings. The Hall–Kier alpha value is -4.47. The maximum absolute atomic E-state index is 14.1. The Morgan fingerprint density at radius 3 is 1.89 bits per heavy atom. The molecule has 16 nitrogen and oxygen atoms in total. The van der Waals surface area contributed by atoms with Crippen LogP contribution in [-0.2, 0) is 42.8 Å². The molecule has 6 aliphatic rings. The summed E-state index contributed by atoms with van der Waals surface area (Å²) < 4.78 is 31.9. The summed E-state index contributed by atoms with van der Waals surface area (Å²) in [5.74, 6) is -6.21. The van der Waals surface area contributed by atoms with Crippen molar-refractivity contribution in [2.75, 3.05) is 42.7 Å². The van der Waals surface area contributed by atoms with Crippen molar-refractivity contribution >= 4 is 35.8 Å². The minimum Gasteiger partial charge on any atom is -0.467 e. The second-order valence-corrected chi connectivity index (χ2v) is 11.9. The average molecular weight is 631 g/mol. The molecule has 16 heteroatoms. The van der Waals surface area contributed by atoms with Crippen LogP contribution in [0.15, 0.2) is 11.3 Å². The van der Waals surface area contributed by atoms with Crippen molar-refractivity contribution in [1.29, 1.82) is 0 Å². The van der Waals surface area contributed by atoms with E-state index in [4.69, 9.17) is 28.4 Å². The molecular weight excluding hydrogens is 596 g/mol. The molecule has 1 aromatic rings. The van der Waals surface area contributed by atoms with Crippen molar-refractivity contribution < 1.29 is 57.2 Å². The normalized spacial score (nSPS) is 32.2. The Bertz CT molecular complexity index is 1580. The van der Waals surface area contributed by atoms with Crippen molar-refractivity contribution in [2.45, 2.75) is 56.3 Å². The number of hydrazine groups is 1. The van der Waals surface area contributed by atoms with Crippen LogP contribution in [0.3, 0.4) is 0 Å². The number of fused-ring (bicyclic) bond motifs is 2. The Morgan fingerprint density at radius 1 is 0.711 bits per heavy atom. The van der Waals surface area contributed by atoms with E-state index in [1.54, 1.807) is 5.01 Å². The number of hydrogen-bond donors (Lipinski definition) is 0. The lowest BCUT2D eigenvalue weighted by atomic mass is 9.48. The van der Waals surface area contributed by atoms with Gasteiger partial charge in [-0.15, -0.1) is 0 Å². The monoisotopic (exact) mass is 630 g/mol. The number of esters is 6. The highest BCUT2D eigenvalue weighted by molar-refractivity contribution is 6.10. The summed E-state index contributed by atoms with van der Waals surface area (Å²) in [6, 6.07) is -1.50. The van der Waals surface area contributed by atoms with Gasteiger partial charge in [-0.25, -0.2) is 28.8 Å². The largest absolute Gasteiger partial charge is 0.467 e. The molecule has 0 radical (unpaired) electrons. The molecule has 5 heterocycles. The average Bonchev–Trinajstić information content (AvgIpc) is 3.68. The fraction of sp³-hybridized carbons (Fsp3) is 0.621. The molecule has 7 rings (SSSR count). The maximum atomic E-state index is 14.1. The van der Waals surface area contributed by atoms with Crippen LogP contribution >= 0.6 is 0 Å². The minimum atomic E-state index is -1.69.